The minimum atomic E-state index is -1.14. The second-order valence-electron chi connectivity index (χ2n) is 6.45. The lowest BCUT2D eigenvalue weighted by Crippen LogP contribution is -2.16. The van der Waals surface area contributed by atoms with Gasteiger partial charge in [0.25, 0.3) is 0 Å². The molecule has 0 aliphatic heterocycles. The lowest BCUT2D eigenvalue weighted by Gasteiger charge is -2.13. The molecule has 0 heterocycles. The first-order valence-electron chi connectivity index (χ1n) is 9.14. The largest absolute Gasteiger partial charge is 0.478 e. The van der Waals surface area contributed by atoms with Gasteiger partial charge in [0, 0.05) is 27.9 Å². The molecule has 2 aromatic carbocycles. The van der Waals surface area contributed by atoms with Crippen molar-refractivity contribution in [3.8, 4) is 0 Å². The Kier molecular flexibility index (Phi) is 8.03. The van der Waals surface area contributed by atoms with Crippen LogP contribution in [0.4, 0.5) is 11.4 Å². The Bertz CT molecular complexity index is 936. The van der Waals surface area contributed by atoms with Crippen LogP contribution >= 0.6 is 11.8 Å². The molecule has 0 bridgehead atoms. The first-order valence-corrected chi connectivity index (χ1v) is 10.1. The highest BCUT2D eigenvalue weighted by molar-refractivity contribution is 8.00. The third-order valence-corrected chi connectivity index (χ3v) is 5.19. The molecular weight excluding hydrogens is 388 g/mol. The van der Waals surface area contributed by atoms with Gasteiger partial charge in [0.2, 0.25) is 11.8 Å². The van der Waals surface area contributed by atoms with Crippen molar-refractivity contribution < 1.29 is 19.5 Å². The number of nitrogens with one attached hydrogen (secondary N) is 2. The fraction of sp³-hybridized carbons (Fsp3) is 0.227. The quantitative estimate of drug-likeness (QED) is 0.445. The van der Waals surface area contributed by atoms with Crippen molar-refractivity contribution in [2.24, 2.45) is 0 Å². The average molecular weight is 413 g/mol. The zero-order chi connectivity index (χ0) is 21.4. The van der Waals surface area contributed by atoms with Gasteiger partial charge in [-0.15, -0.1) is 11.8 Å². The van der Waals surface area contributed by atoms with Gasteiger partial charge in [0.05, 0.1) is 5.75 Å². The normalized spacial score (nSPS) is 11.1. The number of aliphatic carboxylic acids is 1. The zero-order valence-electron chi connectivity index (χ0n) is 16.6. The number of hydrogen-bond acceptors (Lipinski definition) is 4. The van der Waals surface area contributed by atoms with E-state index >= 15 is 0 Å². The molecule has 2 rings (SSSR count). The van der Waals surface area contributed by atoms with Crippen LogP contribution in [0, 0.1) is 6.92 Å². The monoisotopic (exact) mass is 412 g/mol. The number of carboxylic acids is 1. The molecule has 3 N–H and O–H groups in total. The SMILES string of the molecule is CCc1cccc(C)c1NC(=O)CSc1ccc(NC(=O)/C=C(\C)C(=O)O)cc1. The van der Waals surface area contributed by atoms with Crippen LogP contribution in [0.2, 0.25) is 0 Å². The number of carbonyl (C=O) groups excluding carboxylic acids is 2. The zero-order valence-corrected chi connectivity index (χ0v) is 17.4. The minimum Gasteiger partial charge on any atom is -0.478 e. The molecule has 152 valence electrons. The maximum Gasteiger partial charge on any atom is 0.331 e. The lowest BCUT2D eigenvalue weighted by atomic mass is 10.1. The van der Waals surface area contributed by atoms with Crippen molar-refractivity contribution >= 4 is 40.9 Å². The summed E-state index contributed by atoms with van der Waals surface area (Å²) in [5.74, 6) is -1.45. The molecule has 6 nitrogen and oxygen atoms in total. The number of hydrogen-bond donors (Lipinski definition) is 3. The van der Waals surface area contributed by atoms with Crippen LogP contribution in [0.5, 0.6) is 0 Å². The van der Waals surface area contributed by atoms with Crippen molar-refractivity contribution in [3.05, 3.63) is 65.2 Å². The smallest absolute Gasteiger partial charge is 0.331 e. The van der Waals surface area contributed by atoms with E-state index in [0.717, 1.165) is 34.2 Å². The second kappa shape index (κ2) is 10.5. The van der Waals surface area contributed by atoms with Crippen LogP contribution < -0.4 is 10.6 Å². The van der Waals surface area contributed by atoms with Crippen molar-refractivity contribution in [1.29, 1.82) is 0 Å². The lowest BCUT2D eigenvalue weighted by molar-refractivity contribution is -0.132. The predicted octanol–water partition coefficient (Wildman–Crippen LogP) is 4.26. The molecule has 0 spiro atoms. The van der Waals surface area contributed by atoms with Crippen LogP contribution in [0.15, 0.2) is 59.0 Å². The van der Waals surface area contributed by atoms with Gasteiger partial charge in [-0.1, -0.05) is 25.1 Å². The van der Waals surface area contributed by atoms with Crippen molar-refractivity contribution in [3.63, 3.8) is 0 Å². The van der Waals surface area contributed by atoms with Crippen LogP contribution in [0.25, 0.3) is 0 Å². The van der Waals surface area contributed by atoms with Crippen molar-refractivity contribution in [2.45, 2.75) is 32.1 Å². The fourth-order valence-electron chi connectivity index (χ4n) is 2.60. The van der Waals surface area contributed by atoms with Gasteiger partial charge in [-0.25, -0.2) is 4.79 Å². The van der Waals surface area contributed by atoms with Gasteiger partial charge in [-0.2, -0.15) is 0 Å². The molecule has 0 saturated heterocycles. The number of thioether (sulfide) groups is 1. The third-order valence-electron chi connectivity index (χ3n) is 4.18. The van der Waals surface area contributed by atoms with E-state index in [1.165, 1.54) is 18.7 Å². The molecule has 2 aromatic rings. The first-order chi connectivity index (χ1) is 13.8. The maximum absolute atomic E-state index is 12.3. The highest BCUT2D eigenvalue weighted by Crippen LogP contribution is 2.23. The van der Waals surface area contributed by atoms with Gasteiger partial charge in [-0.3, -0.25) is 9.59 Å². The Hall–Kier alpha value is -3.06. The second-order valence-corrected chi connectivity index (χ2v) is 7.49. The molecule has 0 aliphatic carbocycles. The molecule has 0 saturated carbocycles. The fourth-order valence-corrected chi connectivity index (χ4v) is 3.30. The first kappa shape index (κ1) is 22.2. The van der Waals surface area contributed by atoms with E-state index in [9.17, 15) is 14.4 Å². The highest BCUT2D eigenvalue weighted by atomic mass is 32.2. The van der Waals surface area contributed by atoms with E-state index < -0.39 is 11.9 Å². The number of amides is 2. The number of aryl methyl sites for hydroxylation is 2. The van der Waals surface area contributed by atoms with E-state index in [1.807, 2.05) is 25.1 Å². The van der Waals surface area contributed by atoms with Gasteiger partial charge in [-0.05, 0) is 55.7 Å². The average Bonchev–Trinajstić information content (AvgIpc) is 2.68. The Labute approximate surface area is 174 Å². The number of rotatable bonds is 8. The van der Waals surface area contributed by atoms with Crippen molar-refractivity contribution in [2.75, 3.05) is 16.4 Å². The molecule has 29 heavy (non-hydrogen) atoms. The molecule has 2 amide bonds. The topological polar surface area (TPSA) is 95.5 Å². The van der Waals surface area contributed by atoms with Crippen LogP contribution in [-0.2, 0) is 20.8 Å². The maximum atomic E-state index is 12.3. The molecule has 0 radical (unpaired) electrons. The summed E-state index contributed by atoms with van der Waals surface area (Å²) in [7, 11) is 0. The van der Waals surface area contributed by atoms with Crippen LogP contribution in [-0.4, -0.2) is 28.6 Å². The summed E-state index contributed by atoms with van der Waals surface area (Å²) in [6.07, 6.45) is 1.88. The Balaban J connectivity index is 1.90. The van der Waals surface area contributed by atoms with E-state index in [1.54, 1.807) is 24.3 Å². The van der Waals surface area contributed by atoms with Crippen LogP contribution in [0.1, 0.15) is 25.0 Å². The molecular formula is C22H24N2O4S. The van der Waals surface area contributed by atoms with E-state index in [-0.39, 0.29) is 17.2 Å². The Morgan fingerprint density at radius 3 is 2.38 bits per heavy atom. The standard InChI is InChI=1S/C22H24N2O4S/c1-4-16-7-5-6-14(2)21(16)24-20(26)13-29-18-10-8-17(9-11-18)23-19(25)12-15(3)22(27)28/h5-12H,4,13H2,1-3H3,(H,23,25)(H,24,26)(H,27,28)/b15-12+. The molecule has 0 aromatic heterocycles. The number of carbonyl (C=O) groups is 3. The van der Waals surface area contributed by atoms with E-state index in [2.05, 4.69) is 17.6 Å². The summed E-state index contributed by atoms with van der Waals surface area (Å²) >= 11 is 1.39. The number of para-hydroxylation sites is 1. The third kappa shape index (κ3) is 6.80. The Morgan fingerprint density at radius 2 is 1.76 bits per heavy atom. The number of carboxylic acid groups (broad SMARTS) is 1. The van der Waals surface area contributed by atoms with Gasteiger partial charge in [0.1, 0.15) is 0 Å². The summed E-state index contributed by atoms with van der Waals surface area (Å²) in [4.78, 5) is 35.7. The van der Waals surface area contributed by atoms with E-state index in [4.69, 9.17) is 5.11 Å². The summed E-state index contributed by atoms with van der Waals surface area (Å²) < 4.78 is 0. The molecule has 0 atom stereocenters. The summed E-state index contributed by atoms with van der Waals surface area (Å²) in [6.45, 7) is 5.38. The molecule has 0 aliphatic rings. The van der Waals surface area contributed by atoms with Crippen molar-refractivity contribution in [1.82, 2.24) is 0 Å². The van der Waals surface area contributed by atoms with Gasteiger partial charge >= 0.3 is 5.97 Å². The van der Waals surface area contributed by atoms with Gasteiger partial charge in [0.15, 0.2) is 0 Å². The summed E-state index contributed by atoms with van der Waals surface area (Å²) in [5.41, 5.74) is 3.53. The molecule has 0 fully saturated rings. The summed E-state index contributed by atoms with van der Waals surface area (Å²) in [6, 6.07) is 13.0. The molecule has 7 heteroatoms. The highest BCUT2D eigenvalue weighted by Gasteiger charge is 2.09. The van der Waals surface area contributed by atoms with E-state index in [0.29, 0.717) is 5.69 Å². The number of benzene rings is 2. The minimum absolute atomic E-state index is 0.0411. The molecule has 0 unspecified atom stereocenters. The summed E-state index contributed by atoms with van der Waals surface area (Å²) in [5, 5.41) is 14.4. The van der Waals surface area contributed by atoms with Gasteiger partial charge < -0.3 is 15.7 Å². The number of anilines is 2. The Morgan fingerprint density at radius 1 is 1.07 bits per heavy atom. The predicted molar refractivity (Wildman–Crippen MR) is 116 cm³/mol. The van der Waals surface area contributed by atoms with Crippen LogP contribution in [0.3, 0.4) is 0 Å².